The largest absolute Gasteiger partial charge is 0.534 e. The molecule has 0 aliphatic heterocycles. The molecule has 1 atom stereocenters. The Morgan fingerprint density at radius 2 is 1.80 bits per heavy atom. The van der Waals surface area contributed by atoms with E-state index in [1.54, 1.807) is 12.3 Å². The number of halogens is 4. The van der Waals surface area contributed by atoms with Gasteiger partial charge in [0, 0.05) is 5.56 Å². The number of benzene rings is 1. The number of thioether (sulfide) groups is 1. The lowest BCUT2D eigenvalue weighted by atomic mass is 9.63. The number of fused-ring (bicyclic) bond motifs is 2. The van der Waals surface area contributed by atoms with Gasteiger partial charge in [-0.1, -0.05) is 23.9 Å². The van der Waals surface area contributed by atoms with Crippen LogP contribution in [0.3, 0.4) is 0 Å². The molecule has 2 aromatic rings. The topological polar surface area (TPSA) is 69.2 Å². The van der Waals surface area contributed by atoms with Gasteiger partial charge in [-0.3, -0.25) is 0 Å². The Kier molecular flexibility index (Phi) is 5.24. The molecule has 0 amide bonds. The first-order valence-corrected chi connectivity index (χ1v) is 11.9. The van der Waals surface area contributed by atoms with E-state index in [0.717, 1.165) is 23.7 Å². The molecule has 1 aromatic heterocycles. The first kappa shape index (κ1) is 21.4. The third-order valence-electron chi connectivity index (χ3n) is 5.82. The first-order valence-electron chi connectivity index (χ1n) is 9.24. The number of rotatable bonds is 3. The van der Waals surface area contributed by atoms with Crippen molar-refractivity contribution < 1.29 is 30.2 Å². The van der Waals surface area contributed by atoms with Crippen LogP contribution in [-0.4, -0.2) is 30.1 Å². The van der Waals surface area contributed by atoms with Gasteiger partial charge in [-0.2, -0.15) is 26.6 Å². The third-order valence-corrected chi connectivity index (χ3v) is 7.32. The van der Waals surface area contributed by atoms with Crippen LogP contribution in [0.1, 0.15) is 35.2 Å². The number of nitrogens with zero attached hydrogens (tertiary/aromatic N) is 2. The van der Waals surface area contributed by atoms with Crippen molar-refractivity contribution in [3.8, 4) is 5.88 Å². The van der Waals surface area contributed by atoms with Gasteiger partial charge < -0.3 is 4.18 Å². The molecule has 0 N–H and O–H groups in total. The van der Waals surface area contributed by atoms with E-state index in [1.165, 1.54) is 6.07 Å². The van der Waals surface area contributed by atoms with Crippen LogP contribution in [0, 0.1) is 11.2 Å². The van der Waals surface area contributed by atoms with Gasteiger partial charge in [-0.05, 0) is 67.4 Å². The van der Waals surface area contributed by atoms with Crippen molar-refractivity contribution in [2.75, 3.05) is 6.26 Å². The number of alkyl halides is 3. The fraction of sp³-hybridized carbons (Fsp3) is 0.474. The maximum absolute atomic E-state index is 14.1. The lowest BCUT2D eigenvalue weighted by molar-refractivity contribution is -0.0502. The van der Waals surface area contributed by atoms with Crippen molar-refractivity contribution in [1.82, 2.24) is 9.97 Å². The Morgan fingerprint density at radius 1 is 1.10 bits per heavy atom. The van der Waals surface area contributed by atoms with E-state index in [2.05, 4.69) is 14.2 Å². The van der Waals surface area contributed by atoms with Gasteiger partial charge in [0.25, 0.3) is 0 Å². The summed E-state index contributed by atoms with van der Waals surface area (Å²) < 4.78 is 79.9. The SMILES string of the molecule is CSc1nc2c(c(OS(=O)(=O)C(F)(F)F)n1)CCC1(CCc3c(F)cccc3C1)C2. The highest BCUT2D eigenvalue weighted by Crippen LogP contribution is 2.47. The van der Waals surface area contributed by atoms with Crippen LogP contribution in [0.25, 0.3) is 0 Å². The molecule has 162 valence electrons. The molecule has 1 heterocycles. The van der Waals surface area contributed by atoms with Crippen molar-refractivity contribution in [3.63, 3.8) is 0 Å². The zero-order chi connectivity index (χ0) is 21.7. The van der Waals surface area contributed by atoms with Crippen LogP contribution >= 0.6 is 11.8 Å². The molecule has 1 unspecified atom stereocenters. The molecule has 30 heavy (non-hydrogen) atoms. The van der Waals surface area contributed by atoms with Crippen molar-refractivity contribution in [3.05, 3.63) is 46.4 Å². The summed E-state index contributed by atoms with van der Waals surface area (Å²) in [5, 5.41) is 0.139. The predicted molar refractivity (Wildman–Crippen MR) is 102 cm³/mol. The Bertz CT molecular complexity index is 1110. The molecule has 2 aliphatic carbocycles. The number of hydrogen-bond acceptors (Lipinski definition) is 6. The van der Waals surface area contributed by atoms with Crippen LogP contribution in [0.5, 0.6) is 5.88 Å². The minimum atomic E-state index is -5.83. The molecule has 0 bridgehead atoms. The average molecular weight is 462 g/mol. The second-order valence-corrected chi connectivity index (χ2v) is 9.97. The summed E-state index contributed by atoms with van der Waals surface area (Å²) in [6.45, 7) is 0. The van der Waals surface area contributed by atoms with Crippen LogP contribution in [0.2, 0.25) is 0 Å². The van der Waals surface area contributed by atoms with E-state index in [1.807, 2.05) is 6.07 Å². The fourth-order valence-electron chi connectivity index (χ4n) is 4.32. The van der Waals surface area contributed by atoms with Crippen LogP contribution in [0.15, 0.2) is 23.4 Å². The molecule has 0 saturated carbocycles. The lowest BCUT2D eigenvalue weighted by Gasteiger charge is -2.41. The first-order chi connectivity index (χ1) is 14.0. The molecule has 5 nitrogen and oxygen atoms in total. The van der Waals surface area contributed by atoms with Crippen LogP contribution < -0.4 is 4.18 Å². The van der Waals surface area contributed by atoms with E-state index < -0.39 is 21.5 Å². The minimum absolute atomic E-state index is 0.139. The van der Waals surface area contributed by atoms with E-state index in [0.29, 0.717) is 36.9 Å². The Labute approximate surface area is 175 Å². The van der Waals surface area contributed by atoms with Crippen molar-refractivity contribution >= 4 is 21.9 Å². The molecule has 0 radical (unpaired) electrons. The van der Waals surface area contributed by atoms with E-state index in [4.69, 9.17) is 0 Å². The molecule has 0 saturated heterocycles. The zero-order valence-electron chi connectivity index (χ0n) is 15.9. The summed E-state index contributed by atoms with van der Waals surface area (Å²) in [7, 11) is -5.83. The zero-order valence-corrected chi connectivity index (χ0v) is 17.6. The van der Waals surface area contributed by atoms with Gasteiger partial charge in [0.15, 0.2) is 5.16 Å². The molecule has 0 fully saturated rings. The third kappa shape index (κ3) is 3.77. The van der Waals surface area contributed by atoms with Gasteiger partial charge in [0.05, 0.1) is 5.69 Å². The second kappa shape index (κ2) is 7.37. The maximum atomic E-state index is 14.1. The molecular formula is C19H18F4N2O3S2. The van der Waals surface area contributed by atoms with Gasteiger partial charge in [0.1, 0.15) is 5.82 Å². The number of aromatic nitrogens is 2. The maximum Gasteiger partial charge on any atom is 0.534 e. The molecule has 1 spiro atoms. The fourth-order valence-corrected chi connectivity index (χ4v) is 5.14. The highest BCUT2D eigenvalue weighted by atomic mass is 32.2. The normalized spacial score (nSPS) is 21.2. The van der Waals surface area contributed by atoms with Crippen LogP contribution in [-0.2, 0) is 35.8 Å². The van der Waals surface area contributed by atoms with E-state index in [-0.39, 0.29) is 28.4 Å². The lowest BCUT2D eigenvalue weighted by Crippen LogP contribution is -2.36. The Hall–Kier alpha value is -1.88. The summed E-state index contributed by atoms with van der Waals surface area (Å²) in [6.07, 6.45) is 4.89. The van der Waals surface area contributed by atoms with Gasteiger partial charge >= 0.3 is 15.6 Å². The highest BCUT2D eigenvalue weighted by molar-refractivity contribution is 7.98. The van der Waals surface area contributed by atoms with Crippen molar-refractivity contribution in [1.29, 1.82) is 0 Å². The average Bonchev–Trinajstić information content (AvgIpc) is 2.66. The summed E-state index contributed by atoms with van der Waals surface area (Å²) in [5.41, 5.74) is -3.33. The van der Waals surface area contributed by atoms with Gasteiger partial charge in [0.2, 0.25) is 5.88 Å². The summed E-state index contributed by atoms with van der Waals surface area (Å²) in [6, 6.07) is 5.01. The Balaban J connectivity index is 1.69. The van der Waals surface area contributed by atoms with Gasteiger partial charge in [-0.15, -0.1) is 0 Å². The van der Waals surface area contributed by atoms with Crippen LogP contribution in [0.4, 0.5) is 17.6 Å². The second-order valence-electron chi connectivity index (χ2n) is 7.65. The minimum Gasteiger partial charge on any atom is -0.355 e. The number of hydrogen-bond donors (Lipinski definition) is 0. The summed E-state index contributed by atoms with van der Waals surface area (Å²) in [4.78, 5) is 8.31. The van der Waals surface area contributed by atoms with E-state index >= 15 is 0 Å². The monoisotopic (exact) mass is 462 g/mol. The quantitative estimate of drug-likeness (QED) is 0.224. The molecular weight excluding hydrogens is 444 g/mol. The van der Waals surface area contributed by atoms with Gasteiger partial charge in [-0.25, -0.2) is 9.37 Å². The highest BCUT2D eigenvalue weighted by Gasteiger charge is 2.50. The Morgan fingerprint density at radius 3 is 2.47 bits per heavy atom. The summed E-state index contributed by atoms with van der Waals surface area (Å²) in [5.74, 6) is -0.780. The van der Waals surface area contributed by atoms with Crippen molar-refractivity contribution in [2.45, 2.75) is 49.2 Å². The molecule has 1 aromatic carbocycles. The molecule has 2 aliphatic rings. The molecule has 11 heteroatoms. The smallest absolute Gasteiger partial charge is 0.355 e. The standard InChI is InChI=1S/C19H18F4N2O3S2/c1-29-17-24-15-10-18(7-5-12-11(9-18)3-2-4-14(12)20)8-6-13(15)16(25-17)28-30(26,27)19(21,22)23/h2-4H,5-10H2,1H3. The van der Waals surface area contributed by atoms with Crippen molar-refractivity contribution in [2.24, 2.45) is 5.41 Å². The molecule has 4 rings (SSSR count). The summed E-state index contributed by atoms with van der Waals surface area (Å²) >= 11 is 1.09. The predicted octanol–water partition coefficient (Wildman–Crippen LogP) is 4.23. The van der Waals surface area contributed by atoms with E-state index in [9.17, 15) is 26.0 Å².